The van der Waals surface area contributed by atoms with E-state index in [9.17, 15) is 9.59 Å². The summed E-state index contributed by atoms with van der Waals surface area (Å²) >= 11 is 0. The van der Waals surface area contributed by atoms with Crippen LogP contribution >= 0.6 is 0 Å². The van der Waals surface area contributed by atoms with Gasteiger partial charge in [0.1, 0.15) is 5.69 Å². The average Bonchev–Trinajstić information content (AvgIpc) is 3.11. The summed E-state index contributed by atoms with van der Waals surface area (Å²) in [5.74, 6) is 0.0180. The van der Waals surface area contributed by atoms with Crippen molar-refractivity contribution in [1.29, 1.82) is 0 Å². The molecule has 1 aliphatic rings. The molecular formula is C21H21N3O2. The highest BCUT2D eigenvalue weighted by Gasteiger charge is 2.26. The van der Waals surface area contributed by atoms with E-state index in [0.29, 0.717) is 37.4 Å². The first-order valence-corrected chi connectivity index (χ1v) is 8.85. The molecule has 0 saturated carbocycles. The average molecular weight is 347 g/mol. The van der Waals surface area contributed by atoms with E-state index in [1.54, 1.807) is 0 Å². The van der Waals surface area contributed by atoms with Crippen LogP contribution in [0.5, 0.6) is 0 Å². The Hall–Kier alpha value is -3.08. The van der Waals surface area contributed by atoms with E-state index in [1.807, 2.05) is 71.3 Å². The van der Waals surface area contributed by atoms with Crippen LogP contribution in [0.4, 0.5) is 0 Å². The first-order valence-electron chi connectivity index (χ1n) is 8.85. The summed E-state index contributed by atoms with van der Waals surface area (Å²) in [7, 11) is 0. The number of benzene rings is 2. The summed E-state index contributed by atoms with van der Waals surface area (Å²) in [5.41, 5.74) is 3.43. The number of nitrogens with zero attached hydrogens (tertiary/aromatic N) is 2. The number of aromatic amines is 1. The SMILES string of the molecule is Cc1ccc2cc(C(=O)N3CCN(C(=O)c4ccccc4)CC3)[nH]c2c1. The number of fused-ring (bicyclic) bond motifs is 1. The van der Waals surface area contributed by atoms with E-state index < -0.39 is 0 Å². The number of piperazine rings is 1. The Morgan fingerprint density at radius 3 is 2.19 bits per heavy atom. The van der Waals surface area contributed by atoms with Crippen LogP contribution < -0.4 is 0 Å². The second-order valence-electron chi connectivity index (χ2n) is 6.72. The Morgan fingerprint density at radius 2 is 1.50 bits per heavy atom. The van der Waals surface area contributed by atoms with Crippen LogP contribution in [0.2, 0.25) is 0 Å². The Balaban J connectivity index is 1.43. The van der Waals surface area contributed by atoms with Crippen molar-refractivity contribution in [3.63, 3.8) is 0 Å². The Morgan fingerprint density at radius 1 is 0.846 bits per heavy atom. The minimum Gasteiger partial charge on any atom is -0.351 e. The number of hydrogen-bond donors (Lipinski definition) is 1. The molecule has 5 heteroatoms. The van der Waals surface area contributed by atoms with Crippen molar-refractivity contribution in [2.45, 2.75) is 6.92 Å². The predicted molar refractivity (Wildman–Crippen MR) is 101 cm³/mol. The van der Waals surface area contributed by atoms with E-state index in [-0.39, 0.29) is 11.8 Å². The van der Waals surface area contributed by atoms with Gasteiger partial charge in [-0.1, -0.05) is 30.3 Å². The lowest BCUT2D eigenvalue weighted by Gasteiger charge is -2.34. The molecule has 132 valence electrons. The largest absolute Gasteiger partial charge is 0.351 e. The third kappa shape index (κ3) is 3.08. The molecule has 2 heterocycles. The minimum atomic E-state index is -0.00865. The molecule has 1 fully saturated rings. The molecule has 0 atom stereocenters. The van der Waals surface area contributed by atoms with E-state index in [1.165, 1.54) is 0 Å². The van der Waals surface area contributed by atoms with Crippen LogP contribution in [0.25, 0.3) is 10.9 Å². The van der Waals surface area contributed by atoms with E-state index in [0.717, 1.165) is 16.5 Å². The second kappa shape index (κ2) is 6.67. The first kappa shape index (κ1) is 16.4. The van der Waals surface area contributed by atoms with Crippen LogP contribution in [0.3, 0.4) is 0 Å². The maximum Gasteiger partial charge on any atom is 0.270 e. The Labute approximate surface area is 152 Å². The smallest absolute Gasteiger partial charge is 0.270 e. The number of carbonyl (C=O) groups excluding carboxylic acids is 2. The molecule has 1 aromatic heterocycles. The second-order valence-corrected chi connectivity index (χ2v) is 6.72. The van der Waals surface area contributed by atoms with Crippen LogP contribution in [0.15, 0.2) is 54.6 Å². The van der Waals surface area contributed by atoms with Crippen molar-refractivity contribution in [2.75, 3.05) is 26.2 Å². The highest BCUT2D eigenvalue weighted by molar-refractivity contribution is 5.98. The number of carbonyl (C=O) groups is 2. The van der Waals surface area contributed by atoms with Gasteiger partial charge in [-0.05, 0) is 36.8 Å². The van der Waals surface area contributed by atoms with Crippen LogP contribution in [-0.2, 0) is 0 Å². The number of nitrogens with one attached hydrogen (secondary N) is 1. The number of hydrogen-bond acceptors (Lipinski definition) is 2. The Kier molecular flexibility index (Phi) is 4.21. The number of H-pyrrole nitrogens is 1. The molecule has 1 N–H and O–H groups in total. The third-order valence-corrected chi connectivity index (χ3v) is 4.88. The van der Waals surface area contributed by atoms with Crippen LogP contribution in [0, 0.1) is 6.92 Å². The normalized spacial score (nSPS) is 14.7. The third-order valence-electron chi connectivity index (χ3n) is 4.88. The fraction of sp³-hybridized carbons (Fsp3) is 0.238. The zero-order valence-corrected chi connectivity index (χ0v) is 14.7. The summed E-state index contributed by atoms with van der Waals surface area (Å²) in [6.45, 7) is 4.24. The molecular weight excluding hydrogens is 326 g/mol. The number of amides is 2. The van der Waals surface area contributed by atoms with Gasteiger partial charge in [-0.25, -0.2) is 0 Å². The highest BCUT2D eigenvalue weighted by atomic mass is 16.2. The van der Waals surface area contributed by atoms with Crippen molar-refractivity contribution < 1.29 is 9.59 Å². The monoisotopic (exact) mass is 347 g/mol. The van der Waals surface area contributed by atoms with Gasteiger partial charge < -0.3 is 14.8 Å². The summed E-state index contributed by atoms with van der Waals surface area (Å²) in [6.07, 6.45) is 0. The molecule has 2 amide bonds. The molecule has 5 nitrogen and oxygen atoms in total. The molecule has 2 aromatic carbocycles. The van der Waals surface area contributed by atoms with Gasteiger partial charge in [-0.15, -0.1) is 0 Å². The van der Waals surface area contributed by atoms with Gasteiger partial charge in [0.05, 0.1) is 0 Å². The van der Waals surface area contributed by atoms with Crippen LogP contribution in [-0.4, -0.2) is 52.8 Å². The summed E-state index contributed by atoms with van der Waals surface area (Å²) in [4.78, 5) is 32.2. The van der Waals surface area contributed by atoms with Gasteiger partial charge in [0.2, 0.25) is 0 Å². The van der Waals surface area contributed by atoms with Gasteiger partial charge in [-0.2, -0.15) is 0 Å². The topological polar surface area (TPSA) is 56.4 Å². The van der Waals surface area contributed by atoms with Crippen molar-refractivity contribution >= 4 is 22.7 Å². The molecule has 26 heavy (non-hydrogen) atoms. The summed E-state index contributed by atoms with van der Waals surface area (Å²) < 4.78 is 0. The Bertz CT molecular complexity index is 954. The lowest BCUT2D eigenvalue weighted by atomic mass is 10.1. The van der Waals surface area contributed by atoms with E-state index >= 15 is 0 Å². The zero-order chi connectivity index (χ0) is 18.1. The predicted octanol–water partition coefficient (Wildman–Crippen LogP) is 3.07. The fourth-order valence-corrected chi connectivity index (χ4v) is 3.40. The quantitative estimate of drug-likeness (QED) is 0.774. The molecule has 1 saturated heterocycles. The fourth-order valence-electron chi connectivity index (χ4n) is 3.40. The van der Waals surface area contributed by atoms with Crippen molar-refractivity contribution in [2.24, 2.45) is 0 Å². The first-order chi connectivity index (χ1) is 12.6. The number of aryl methyl sites for hydroxylation is 1. The van der Waals surface area contributed by atoms with Gasteiger partial charge in [-0.3, -0.25) is 9.59 Å². The van der Waals surface area contributed by atoms with Crippen LogP contribution in [0.1, 0.15) is 26.4 Å². The molecule has 3 aromatic rings. The van der Waals surface area contributed by atoms with E-state index in [4.69, 9.17) is 0 Å². The summed E-state index contributed by atoms with van der Waals surface area (Å²) in [6, 6.07) is 17.3. The zero-order valence-electron chi connectivity index (χ0n) is 14.7. The van der Waals surface area contributed by atoms with Crippen molar-refractivity contribution in [1.82, 2.24) is 14.8 Å². The van der Waals surface area contributed by atoms with Gasteiger partial charge >= 0.3 is 0 Å². The lowest BCUT2D eigenvalue weighted by molar-refractivity contribution is 0.0533. The van der Waals surface area contributed by atoms with Gasteiger partial charge in [0.15, 0.2) is 0 Å². The van der Waals surface area contributed by atoms with Gasteiger partial charge in [0, 0.05) is 42.6 Å². The van der Waals surface area contributed by atoms with E-state index in [2.05, 4.69) is 4.98 Å². The molecule has 0 bridgehead atoms. The molecule has 0 aliphatic carbocycles. The standard InChI is InChI=1S/C21H21N3O2/c1-15-7-8-17-14-19(22-18(17)13-15)21(26)24-11-9-23(10-12-24)20(25)16-5-3-2-4-6-16/h2-8,13-14,22H,9-12H2,1H3. The minimum absolute atomic E-state index is 0.00865. The maximum atomic E-state index is 12.8. The number of rotatable bonds is 2. The molecule has 0 spiro atoms. The highest BCUT2D eigenvalue weighted by Crippen LogP contribution is 2.19. The maximum absolute atomic E-state index is 12.8. The summed E-state index contributed by atoms with van der Waals surface area (Å²) in [5, 5.41) is 1.04. The molecule has 4 rings (SSSR count). The number of aromatic nitrogens is 1. The molecule has 0 unspecified atom stereocenters. The van der Waals surface area contributed by atoms with Gasteiger partial charge in [0.25, 0.3) is 11.8 Å². The lowest BCUT2D eigenvalue weighted by Crippen LogP contribution is -2.50. The molecule has 0 radical (unpaired) electrons. The molecule has 1 aliphatic heterocycles. The van der Waals surface area contributed by atoms with Crippen molar-refractivity contribution in [3.8, 4) is 0 Å². The van der Waals surface area contributed by atoms with Crippen molar-refractivity contribution in [3.05, 3.63) is 71.4 Å².